The molecule has 7 nitrogen and oxygen atoms in total. The molecule has 2 heterocycles. The molecule has 140 valence electrons. The maximum Gasteiger partial charge on any atom is 0.234 e. The van der Waals surface area contributed by atoms with Crippen molar-refractivity contribution in [2.75, 3.05) is 37.4 Å². The largest absolute Gasteiger partial charge is 0.370 e. The zero-order valence-corrected chi connectivity index (χ0v) is 15.7. The number of quaternary nitrogens is 1. The summed E-state index contributed by atoms with van der Waals surface area (Å²) in [4.78, 5) is 13.6. The molecule has 1 fully saturated rings. The van der Waals surface area contributed by atoms with Crippen molar-refractivity contribution in [1.82, 2.24) is 14.8 Å². The first kappa shape index (κ1) is 18.8. The minimum Gasteiger partial charge on any atom is -0.370 e. The summed E-state index contributed by atoms with van der Waals surface area (Å²) in [5, 5.41) is 11.9. The molecule has 0 atom stereocenters. The minimum absolute atomic E-state index is 0.187. The van der Waals surface area contributed by atoms with E-state index in [1.807, 2.05) is 18.5 Å². The molecule has 0 radical (unpaired) electrons. The molecule has 1 aromatic carbocycles. The number of nitrogens with one attached hydrogen (secondary N) is 2. The van der Waals surface area contributed by atoms with E-state index in [1.165, 1.54) is 28.8 Å². The van der Waals surface area contributed by atoms with E-state index >= 15 is 0 Å². The van der Waals surface area contributed by atoms with Crippen molar-refractivity contribution in [2.45, 2.75) is 18.6 Å². The molecule has 3 rings (SSSR count). The van der Waals surface area contributed by atoms with Crippen molar-refractivity contribution in [3.8, 4) is 0 Å². The van der Waals surface area contributed by atoms with E-state index in [-0.39, 0.29) is 17.5 Å². The number of ether oxygens (including phenoxy) is 1. The van der Waals surface area contributed by atoms with Crippen LogP contribution in [-0.4, -0.2) is 52.7 Å². The van der Waals surface area contributed by atoms with Crippen molar-refractivity contribution in [2.24, 2.45) is 7.05 Å². The van der Waals surface area contributed by atoms with Crippen LogP contribution >= 0.6 is 11.8 Å². The van der Waals surface area contributed by atoms with Crippen LogP contribution in [0.2, 0.25) is 0 Å². The summed E-state index contributed by atoms with van der Waals surface area (Å²) in [5.74, 6) is 0.506. The van der Waals surface area contributed by atoms with Crippen molar-refractivity contribution < 1.29 is 18.8 Å². The van der Waals surface area contributed by atoms with E-state index in [0.717, 1.165) is 44.2 Å². The average Bonchev–Trinajstić information content (AvgIpc) is 2.97. The molecule has 1 aliphatic heterocycles. The molecular formula is C17H23FN5O2S+. The van der Waals surface area contributed by atoms with Crippen molar-refractivity contribution in [3.63, 3.8) is 0 Å². The van der Waals surface area contributed by atoms with Gasteiger partial charge in [-0.2, -0.15) is 0 Å². The molecule has 1 aromatic heterocycles. The van der Waals surface area contributed by atoms with E-state index in [4.69, 9.17) is 4.74 Å². The van der Waals surface area contributed by atoms with Gasteiger partial charge in [-0.3, -0.25) is 4.79 Å². The molecule has 2 aromatic rings. The third-order valence-electron chi connectivity index (χ3n) is 4.34. The number of aromatic nitrogens is 3. The number of hydrogen-bond acceptors (Lipinski definition) is 5. The van der Waals surface area contributed by atoms with Crippen LogP contribution in [0.15, 0.2) is 23.4 Å². The standard InChI is InChI=1S/C17H22FN5O2S/c1-12-3-4-13(18)9-14(12)19-16(24)11-26-17-21-20-15(22(17)2)10-23-5-7-25-8-6-23/h3-4,9H,5-8,10-11H2,1-2H3,(H,19,24)/p+1. The Morgan fingerprint density at radius 2 is 2.15 bits per heavy atom. The molecule has 1 saturated heterocycles. The fraction of sp³-hybridized carbons (Fsp3) is 0.471. The summed E-state index contributed by atoms with van der Waals surface area (Å²) >= 11 is 1.32. The first-order valence-electron chi connectivity index (χ1n) is 8.51. The Hall–Kier alpha value is -1.97. The number of morpholine rings is 1. The Morgan fingerprint density at radius 3 is 2.92 bits per heavy atom. The minimum atomic E-state index is -0.373. The molecule has 0 spiro atoms. The highest BCUT2D eigenvalue weighted by atomic mass is 32.2. The monoisotopic (exact) mass is 380 g/mol. The predicted molar refractivity (Wildman–Crippen MR) is 96.7 cm³/mol. The smallest absolute Gasteiger partial charge is 0.234 e. The lowest BCUT2D eigenvalue weighted by Gasteiger charge is -2.23. The van der Waals surface area contributed by atoms with Gasteiger partial charge in [0.2, 0.25) is 5.91 Å². The van der Waals surface area contributed by atoms with Gasteiger partial charge >= 0.3 is 0 Å². The molecule has 2 N–H and O–H groups in total. The normalized spacial score (nSPS) is 15.2. The van der Waals surface area contributed by atoms with Gasteiger partial charge in [-0.05, 0) is 24.6 Å². The lowest BCUT2D eigenvalue weighted by molar-refractivity contribution is -0.922. The Morgan fingerprint density at radius 1 is 1.38 bits per heavy atom. The SMILES string of the molecule is Cc1ccc(F)cc1NC(=O)CSc1nnc(C[NH+]2CCOCC2)n1C. The zero-order valence-electron chi connectivity index (χ0n) is 14.9. The molecule has 0 bridgehead atoms. The number of nitrogens with zero attached hydrogens (tertiary/aromatic N) is 3. The zero-order chi connectivity index (χ0) is 18.5. The number of hydrogen-bond donors (Lipinski definition) is 2. The van der Waals surface area contributed by atoms with Crippen LogP contribution in [0.3, 0.4) is 0 Å². The van der Waals surface area contributed by atoms with E-state index in [1.54, 1.807) is 6.07 Å². The Bertz CT molecular complexity index is 777. The topological polar surface area (TPSA) is 73.5 Å². The van der Waals surface area contributed by atoms with Crippen LogP contribution in [0.4, 0.5) is 10.1 Å². The van der Waals surface area contributed by atoms with Crippen LogP contribution in [-0.2, 0) is 23.1 Å². The molecule has 0 aliphatic carbocycles. The summed E-state index contributed by atoms with van der Waals surface area (Å²) in [7, 11) is 1.91. The fourth-order valence-corrected chi connectivity index (χ4v) is 3.46. The number of benzene rings is 1. The summed E-state index contributed by atoms with van der Waals surface area (Å²) in [5.41, 5.74) is 1.31. The number of anilines is 1. The Labute approximate surface area is 155 Å². The highest BCUT2D eigenvalue weighted by molar-refractivity contribution is 7.99. The van der Waals surface area contributed by atoms with Gasteiger partial charge in [-0.1, -0.05) is 17.8 Å². The van der Waals surface area contributed by atoms with Gasteiger partial charge in [-0.25, -0.2) is 4.39 Å². The summed E-state index contributed by atoms with van der Waals surface area (Å²) in [6.07, 6.45) is 0. The number of carbonyl (C=O) groups is 1. The Kier molecular flexibility index (Phi) is 6.23. The Balaban J connectivity index is 1.54. The molecule has 26 heavy (non-hydrogen) atoms. The van der Waals surface area contributed by atoms with Crippen LogP contribution in [0.5, 0.6) is 0 Å². The maximum atomic E-state index is 13.3. The van der Waals surface area contributed by atoms with Crippen molar-refractivity contribution in [1.29, 1.82) is 0 Å². The summed E-state index contributed by atoms with van der Waals surface area (Å²) in [6.45, 7) is 6.09. The second-order valence-corrected chi connectivity index (χ2v) is 7.24. The number of aryl methyl sites for hydroxylation is 1. The van der Waals surface area contributed by atoms with Gasteiger partial charge in [0, 0.05) is 12.7 Å². The highest BCUT2D eigenvalue weighted by Gasteiger charge is 2.19. The van der Waals surface area contributed by atoms with Gasteiger partial charge in [0.15, 0.2) is 11.0 Å². The highest BCUT2D eigenvalue weighted by Crippen LogP contribution is 2.19. The number of amides is 1. The number of halogens is 1. The van der Waals surface area contributed by atoms with Gasteiger partial charge in [-0.15, -0.1) is 10.2 Å². The fourth-order valence-electron chi connectivity index (χ4n) is 2.73. The van der Waals surface area contributed by atoms with Gasteiger partial charge < -0.3 is 19.5 Å². The van der Waals surface area contributed by atoms with Crippen molar-refractivity contribution in [3.05, 3.63) is 35.4 Å². The maximum absolute atomic E-state index is 13.3. The van der Waals surface area contributed by atoms with E-state index < -0.39 is 0 Å². The average molecular weight is 380 g/mol. The lowest BCUT2D eigenvalue weighted by Crippen LogP contribution is -3.12. The summed E-state index contributed by atoms with van der Waals surface area (Å²) in [6, 6.07) is 4.34. The molecule has 0 saturated carbocycles. The molecule has 1 aliphatic rings. The van der Waals surface area contributed by atoms with E-state index in [2.05, 4.69) is 15.5 Å². The molecular weight excluding hydrogens is 357 g/mol. The van der Waals surface area contributed by atoms with Gasteiger partial charge in [0.25, 0.3) is 0 Å². The first-order valence-corrected chi connectivity index (χ1v) is 9.50. The number of rotatable bonds is 6. The number of thioether (sulfide) groups is 1. The lowest BCUT2D eigenvalue weighted by atomic mass is 10.2. The quantitative estimate of drug-likeness (QED) is 0.710. The van der Waals surface area contributed by atoms with E-state index in [0.29, 0.717) is 10.8 Å². The first-order chi connectivity index (χ1) is 12.5. The third-order valence-corrected chi connectivity index (χ3v) is 5.36. The second-order valence-electron chi connectivity index (χ2n) is 6.29. The van der Waals surface area contributed by atoms with Gasteiger partial charge in [0.05, 0.1) is 19.0 Å². The van der Waals surface area contributed by atoms with Crippen LogP contribution in [0.25, 0.3) is 0 Å². The van der Waals surface area contributed by atoms with Crippen LogP contribution in [0.1, 0.15) is 11.4 Å². The predicted octanol–water partition coefficient (Wildman–Crippen LogP) is 0.409. The van der Waals surface area contributed by atoms with E-state index in [9.17, 15) is 9.18 Å². The summed E-state index contributed by atoms with van der Waals surface area (Å²) < 4.78 is 20.6. The van der Waals surface area contributed by atoms with Crippen LogP contribution in [0, 0.1) is 12.7 Å². The second kappa shape index (κ2) is 8.61. The third kappa shape index (κ3) is 4.80. The molecule has 1 amide bonds. The molecule has 0 unspecified atom stereocenters. The van der Waals surface area contributed by atoms with Crippen LogP contribution < -0.4 is 10.2 Å². The van der Waals surface area contributed by atoms with Crippen molar-refractivity contribution >= 4 is 23.4 Å². The number of carbonyl (C=O) groups excluding carboxylic acids is 1. The molecule has 9 heteroatoms. The van der Waals surface area contributed by atoms with Gasteiger partial charge in [0.1, 0.15) is 25.5 Å².